The van der Waals surface area contributed by atoms with Crippen LogP contribution in [0.15, 0.2) is 23.1 Å². The first-order chi connectivity index (χ1) is 7.59. The minimum atomic E-state index is -0.350. The molecule has 5 nitrogen and oxygen atoms in total. The van der Waals surface area contributed by atoms with E-state index in [1.54, 1.807) is 13.0 Å². The molecular formula is C11H16N2O3. The van der Waals surface area contributed by atoms with E-state index in [4.69, 9.17) is 5.11 Å². The normalized spacial score (nSPS) is 12.1. The second kappa shape index (κ2) is 6.07. The number of carbonyl (C=O) groups is 1. The maximum atomic E-state index is 11.5. The van der Waals surface area contributed by atoms with Crippen molar-refractivity contribution in [2.24, 2.45) is 0 Å². The summed E-state index contributed by atoms with van der Waals surface area (Å²) in [6.07, 6.45) is 2.45. The quantitative estimate of drug-likeness (QED) is 0.628. The number of aliphatic hydroxyl groups excluding tert-OH is 1. The van der Waals surface area contributed by atoms with Crippen LogP contribution in [-0.4, -0.2) is 28.6 Å². The molecule has 0 saturated carbocycles. The predicted octanol–water partition coefficient (Wildman–Crippen LogP) is 0.266. The lowest BCUT2D eigenvalue weighted by atomic mass is 10.2. The van der Waals surface area contributed by atoms with Gasteiger partial charge in [0.25, 0.3) is 5.91 Å². The second-order valence-electron chi connectivity index (χ2n) is 3.69. The number of aromatic nitrogens is 1. The molecule has 0 radical (unpaired) electrons. The average molecular weight is 224 g/mol. The molecule has 1 atom stereocenters. The fourth-order valence-electron chi connectivity index (χ4n) is 1.29. The Bertz CT molecular complexity index is 398. The summed E-state index contributed by atoms with van der Waals surface area (Å²) < 4.78 is 0. The van der Waals surface area contributed by atoms with Crippen LogP contribution in [-0.2, 0) is 0 Å². The highest BCUT2D eigenvalue weighted by Gasteiger charge is 2.04. The molecule has 3 N–H and O–H groups in total. The molecular weight excluding hydrogens is 208 g/mol. The molecule has 1 rings (SSSR count). The first kappa shape index (κ1) is 12.4. The molecule has 1 aromatic rings. The number of aliphatic hydroxyl groups is 1. The zero-order chi connectivity index (χ0) is 12.0. The van der Waals surface area contributed by atoms with Crippen molar-refractivity contribution in [2.45, 2.75) is 25.9 Å². The third-order valence-corrected chi connectivity index (χ3v) is 2.12. The maximum absolute atomic E-state index is 11.5. The molecule has 5 heteroatoms. The number of carbonyl (C=O) groups excluding carboxylic acids is 1. The average Bonchev–Trinajstić information content (AvgIpc) is 2.24. The Morgan fingerprint density at radius 3 is 3.00 bits per heavy atom. The van der Waals surface area contributed by atoms with E-state index in [0.29, 0.717) is 24.9 Å². The molecule has 0 fully saturated rings. The summed E-state index contributed by atoms with van der Waals surface area (Å²) in [5.74, 6) is -0.267. The molecule has 1 unspecified atom stereocenters. The highest BCUT2D eigenvalue weighted by Crippen LogP contribution is 1.96. The summed E-state index contributed by atoms with van der Waals surface area (Å²) >= 11 is 0. The summed E-state index contributed by atoms with van der Waals surface area (Å²) in [6, 6.07) is 2.80. The largest absolute Gasteiger partial charge is 0.393 e. The standard InChI is InChI=1S/C11H16N2O3/c1-8(14)3-2-5-13-11(16)9-4-6-12-10(15)7-9/h4,6-8,14H,2-3,5H2,1H3,(H,12,15)(H,13,16). The third-order valence-electron chi connectivity index (χ3n) is 2.12. The molecule has 16 heavy (non-hydrogen) atoms. The molecule has 0 bridgehead atoms. The first-order valence-electron chi connectivity index (χ1n) is 5.24. The molecule has 0 aliphatic heterocycles. The Labute approximate surface area is 93.5 Å². The lowest BCUT2D eigenvalue weighted by Gasteiger charge is -2.06. The summed E-state index contributed by atoms with van der Waals surface area (Å²) in [4.78, 5) is 24.9. The number of pyridine rings is 1. The van der Waals surface area contributed by atoms with Crippen LogP contribution in [0.4, 0.5) is 0 Å². The van der Waals surface area contributed by atoms with Crippen LogP contribution in [0.25, 0.3) is 0 Å². The van der Waals surface area contributed by atoms with E-state index >= 15 is 0 Å². The Hall–Kier alpha value is -1.62. The van der Waals surface area contributed by atoms with Crippen molar-refractivity contribution in [3.63, 3.8) is 0 Å². The van der Waals surface area contributed by atoms with Crippen LogP contribution in [0.1, 0.15) is 30.1 Å². The van der Waals surface area contributed by atoms with E-state index in [1.165, 1.54) is 12.3 Å². The van der Waals surface area contributed by atoms with Gasteiger partial charge in [-0.05, 0) is 25.8 Å². The van der Waals surface area contributed by atoms with Gasteiger partial charge in [0.15, 0.2) is 0 Å². The first-order valence-corrected chi connectivity index (χ1v) is 5.24. The molecule has 0 saturated heterocycles. The Morgan fingerprint density at radius 2 is 2.38 bits per heavy atom. The van der Waals surface area contributed by atoms with Gasteiger partial charge in [0, 0.05) is 24.4 Å². The zero-order valence-corrected chi connectivity index (χ0v) is 9.19. The van der Waals surface area contributed by atoms with Gasteiger partial charge >= 0.3 is 0 Å². The van der Waals surface area contributed by atoms with Gasteiger partial charge in [-0.1, -0.05) is 0 Å². The van der Waals surface area contributed by atoms with Crippen molar-refractivity contribution in [2.75, 3.05) is 6.54 Å². The van der Waals surface area contributed by atoms with Gasteiger partial charge in [-0.15, -0.1) is 0 Å². The lowest BCUT2D eigenvalue weighted by Crippen LogP contribution is -2.26. The van der Waals surface area contributed by atoms with Gasteiger partial charge < -0.3 is 15.4 Å². The minimum Gasteiger partial charge on any atom is -0.393 e. The minimum absolute atomic E-state index is 0.267. The van der Waals surface area contributed by atoms with Gasteiger partial charge in [-0.2, -0.15) is 0 Å². The number of H-pyrrole nitrogens is 1. The number of aromatic amines is 1. The van der Waals surface area contributed by atoms with Crippen molar-refractivity contribution < 1.29 is 9.90 Å². The molecule has 1 amide bonds. The van der Waals surface area contributed by atoms with Gasteiger partial charge in [0.05, 0.1) is 6.10 Å². The van der Waals surface area contributed by atoms with Gasteiger partial charge in [-0.3, -0.25) is 9.59 Å². The van der Waals surface area contributed by atoms with E-state index in [2.05, 4.69) is 10.3 Å². The topological polar surface area (TPSA) is 82.2 Å². The number of rotatable bonds is 5. The molecule has 1 aromatic heterocycles. The van der Waals surface area contributed by atoms with Crippen LogP contribution in [0.3, 0.4) is 0 Å². The molecule has 0 spiro atoms. The molecule has 0 aliphatic carbocycles. The van der Waals surface area contributed by atoms with Crippen molar-refractivity contribution in [1.29, 1.82) is 0 Å². The lowest BCUT2D eigenvalue weighted by molar-refractivity contribution is 0.0949. The summed E-state index contributed by atoms with van der Waals surface area (Å²) in [6.45, 7) is 2.20. The summed E-state index contributed by atoms with van der Waals surface area (Å²) in [7, 11) is 0. The van der Waals surface area contributed by atoms with Crippen LogP contribution < -0.4 is 10.9 Å². The van der Waals surface area contributed by atoms with Crippen molar-refractivity contribution >= 4 is 5.91 Å². The number of nitrogens with one attached hydrogen (secondary N) is 2. The molecule has 0 aliphatic rings. The van der Waals surface area contributed by atoms with Gasteiger partial charge in [-0.25, -0.2) is 0 Å². The van der Waals surface area contributed by atoms with Crippen molar-refractivity contribution in [3.8, 4) is 0 Å². The molecule has 88 valence electrons. The van der Waals surface area contributed by atoms with Crippen molar-refractivity contribution in [1.82, 2.24) is 10.3 Å². The highest BCUT2D eigenvalue weighted by molar-refractivity contribution is 5.93. The Kier molecular flexibility index (Phi) is 4.72. The molecule has 1 heterocycles. The summed E-state index contributed by atoms with van der Waals surface area (Å²) in [5.41, 5.74) is 0.0532. The van der Waals surface area contributed by atoms with Gasteiger partial charge in [0.1, 0.15) is 0 Å². The van der Waals surface area contributed by atoms with Crippen LogP contribution in [0.5, 0.6) is 0 Å². The fraction of sp³-hybridized carbons (Fsp3) is 0.455. The van der Waals surface area contributed by atoms with Crippen LogP contribution in [0.2, 0.25) is 0 Å². The number of hydrogen-bond acceptors (Lipinski definition) is 3. The van der Waals surface area contributed by atoms with E-state index in [0.717, 1.165) is 0 Å². The van der Waals surface area contributed by atoms with Crippen LogP contribution in [0, 0.1) is 0 Å². The predicted molar refractivity (Wildman–Crippen MR) is 60.3 cm³/mol. The maximum Gasteiger partial charge on any atom is 0.251 e. The van der Waals surface area contributed by atoms with E-state index in [9.17, 15) is 9.59 Å². The Morgan fingerprint density at radius 1 is 1.62 bits per heavy atom. The number of amides is 1. The smallest absolute Gasteiger partial charge is 0.251 e. The molecule has 0 aromatic carbocycles. The van der Waals surface area contributed by atoms with E-state index in [1.807, 2.05) is 0 Å². The second-order valence-corrected chi connectivity index (χ2v) is 3.69. The van der Waals surface area contributed by atoms with Crippen molar-refractivity contribution in [3.05, 3.63) is 34.2 Å². The van der Waals surface area contributed by atoms with Gasteiger partial charge in [0.2, 0.25) is 5.56 Å². The number of hydrogen-bond donors (Lipinski definition) is 3. The summed E-state index contributed by atoms with van der Waals surface area (Å²) in [5, 5.41) is 11.7. The Balaban J connectivity index is 2.38. The zero-order valence-electron chi connectivity index (χ0n) is 9.19. The SMILES string of the molecule is CC(O)CCCNC(=O)c1cc[nH]c(=O)c1. The fourth-order valence-corrected chi connectivity index (χ4v) is 1.29. The third kappa shape index (κ3) is 4.27. The highest BCUT2D eigenvalue weighted by atomic mass is 16.3. The van der Waals surface area contributed by atoms with E-state index < -0.39 is 0 Å². The van der Waals surface area contributed by atoms with E-state index in [-0.39, 0.29) is 17.6 Å². The monoisotopic (exact) mass is 224 g/mol. The van der Waals surface area contributed by atoms with Crippen LogP contribution >= 0.6 is 0 Å².